The van der Waals surface area contributed by atoms with E-state index >= 15 is 0 Å². The van der Waals surface area contributed by atoms with Gasteiger partial charge in [-0.3, -0.25) is 4.79 Å². The van der Waals surface area contributed by atoms with Gasteiger partial charge in [0.15, 0.2) is 6.10 Å². The fourth-order valence-corrected chi connectivity index (χ4v) is 3.59. The number of aliphatic hydroxyl groups is 1. The third-order valence-electron chi connectivity index (χ3n) is 4.25. The van der Waals surface area contributed by atoms with Crippen LogP contribution in [0, 0.1) is 11.8 Å². The van der Waals surface area contributed by atoms with Crippen molar-refractivity contribution in [3.05, 3.63) is 0 Å². The Bertz CT molecular complexity index is 299. The van der Waals surface area contributed by atoms with E-state index in [1.165, 1.54) is 0 Å². The first kappa shape index (κ1) is 9.60. The second-order valence-corrected chi connectivity index (χ2v) is 4.82. The molecule has 0 aromatic heterocycles. The number of hydrogen-bond donors (Lipinski definition) is 1. The minimum atomic E-state index is -0.520. The number of rotatable bonds is 2. The highest BCUT2D eigenvalue weighted by Crippen LogP contribution is 2.55. The summed E-state index contributed by atoms with van der Waals surface area (Å²) in [4.78, 5) is 11.7. The molecule has 0 radical (unpaired) electrons. The molecule has 4 fully saturated rings. The topological polar surface area (TPSA) is 55.8 Å². The molecular weight excluding hydrogens is 196 g/mol. The lowest BCUT2D eigenvalue weighted by Gasteiger charge is -2.50. The molecular formula is C11H16O4. The zero-order chi connectivity index (χ0) is 10.6. The second kappa shape index (κ2) is 2.95. The normalized spacial score (nSPS) is 52.0. The second-order valence-electron chi connectivity index (χ2n) is 4.82. The van der Waals surface area contributed by atoms with E-state index in [2.05, 4.69) is 0 Å². The number of aliphatic hydroxyl groups excluding tert-OH is 1. The molecule has 4 heteroatoms. The lowest BCUT2D eigenvalue weighted by Crippen LogP contribution is -2.62. The monoisotopic (exact) mass is 212 g/mol. The Balaban J connectivity index is 2.01. The Morgan fingerprint density at radius 3 is 3.20 bits per heavy atom. The first-order chi connectivity index (χ1) is 7.19. The van der Waals surface area contributed by atoms with Gasteiger partial charge in [0.1, 0.15) is 5.60 Å². The van der Waals surface area contributed by atoms with Crippen LogP contribution in [0.4, 0.5) is 0 Å². The van der Waals surface area contributed by atoms with Crippen LogP contribution in [0.25, 0.3) is 0 Å². The van der Waals surface area contributed by atoms with Gasteiger partial charge >= 0.3 is 5.97 Å². The smallest absolute Gasteiger partial charge is 0.312 e. The van der Waals surface area contributed by atoms with Crippen LogP contribution in [0.1, 0.15) is 26.2 Å². The summed E-state index contributed by atoms with van der Waals surface area (Å²) in [6.45, 7) is 2.49. The molecule has 3 aliphatic carbocycles. The Labute approximate surface area is 88.6 Å². The highest BCUT2D eigenvalue weighted by molar-refractivity contribution is 5.78. The molecule has 1 aliphatic heterocycles. The largest absolute Gasteiger partial charge is 0.456 e. The zero-order valence-electron chi connectivity index (χ0n) is 8.81. The number of esters is 1. The van der Waals surface area contributed by atoms with Gasteiger partial charge in [-0.2, -0.15) is 0 Å². The molecule has 0 aromatic carbocycles. The van der Waals surface area contributed by atoms with Crippen LogP contribution in [0.15, 0.2) is 0 Å². The van der Waals surface area contributed by atoms with Crippen molar-refractivity contribution in [1.29, 1.82) is 0 Å². The predicted molar refractivity (Wildman–Crippen MR) is 51.1 cm³/mol. The summed E-state index contributed by atoms with van der Waals surface area (Å²) in [6, 6.07) is 0. The summed E-state index contributed by atoms with van der Waals surface area (Å²) in [5, 5.41) is 10.0. The Morgan fingerprint density at radius 2 is 2.47 bits per heavy atom. The number of fused-ring (bicyclic) bond motifs is 1. The van der Waals surface area contributed by atoms with Crippen LogP contribution in [0.5, 0.6) is 0 Å². The van der Waals surface area contributed by atoms with Crippen LogP contribution < -0.4 is 0 Å². The number of hydrogen-bond acceptors (Lipinski definition) is 4. The van der Waals surface area contributed by atoms with E-state index in [1.54, 1.807) is 0 Å². The lowest BCUT2D eigenvalue weighted by molar-refractivity contribution is -0.204. The molecule has 4 bridgehead atoms. The molecule has 84 valence electrons. The number of carbonyl (C=O) groups excluding carboxylic acids is 1. The van der Waals surface area contributed by atoms with Crippen LogP contribution in [-0.2, 0) is 14.3 Å². The van der Waals surface area contributed by atoms with E-state index in [0.717, 1.165) is 19.3 Å². The van der Waals surface area contributed by atoms with Gasteiger partial charge in [0.05, 0.1) is 12.0 Å². The summed E-state index contributed by atoms with van der Waals surface area (Å²) in [7, 11) is 0. The maximum Gasteiger partial charge on any atom is 0.312 e. The van der Waals surface area contributed by atoms with Crippen molar-refractivity contribution >= 4 is 5.97 Å². The highest BCUT2D eigenvalue weighted by Gasteiger charge is 2.68. The maximum absolute atomic E-state index is 11.7. The van der Waals surface area contributed by atoms with Crippen molar-refractivity contribution in [2.24, 2.45) is 11.8 Å². The standard InChI is InChI=1S/C11H16O4/c1-2-14-11-4-3-6-5-7(11)10(13)15-9(11)8(6)12/h6-9,12H,2-5H2,1H3/t6-,7+,8?,9+,11-/m1/s1. The number of carbonyl (C=O) groups is 1. The van der Waals surface area contributed by atoms with Gasteiger partial charge < -0.3 is 14.6 Å². The van der Waals surface area contributed by atoms with Gasteiger partial charge in [-0.05, 0) is 32.1 Å². The van der Waals surface area contributed by atoms with Gasteiger partial charge in [0.25, 0.3) is 0 Å². The van der Waals surface area contributed by atoms with Crippen LogP contribution in [-0.4, -0.2) is 35.5 Å². The molecule has 4 rings (SSSR count). The van der Waals surface area contributed by atoms with Crippen molar-refractivity contribution in [2.75, 3.05) is 6.61 Å². The SMILES string of the molecule is CCO[C@]12CC[C@@H]3C[C@H]1C(=O)O[C@H]2C3O. The van der Waals surface area contributed by atoms with Gasteiger partial charge in [-0.25, -0.2) is 0 Å². The molecule has 1 saturated heterocycles. The summed E-state index contributed by atoms with van der Waals surface area (Å²) in [6.07, 6.45) is 1.60. The quantitative estimate of drug-likeness (QED) is 0.676. The van der Waals surface area contributed by atoms with E-state index < -0.39 is 17.8 Å². The number of ether oxygens (including phenoxy) is 2. The summed E-state index contributed by atoms with van der Waals surface area (Å²) in [5.74, 6) is -0.0759. The average molecular weight is 212 g/mol. The first-order valence-corrected chi connectivity index (χ1v) is 5.71. The Hall–Kier alpha value is -0.610. The van der Waals surface area contributed by atoms with Crippen molar-refractivity contribution in [3.8, 4) is 0 Å². The van der Waals surface area contributed by atoms with Gasteiger partial charge in [0.2, 0.25) is 0 Å². The molecule has 15 heavy (non-hydrogen) atoms. The third-order valence-corrected chi connectivity index (χ3v) is 4.25. The molecule has 1 heterocycles. The van der Waals surface area contributed by atoms with Gasteiger partial charge in [-0.1, -0.05) is 0 Å². The van der Waals surface area contributed by atoms with Crippen molar-refractivity contribution in [3.63, 3.8) is 0 Å². The molecule has 5 atom stereocenters. The van der Waals surface area contributed by atoms with Crippen molar-refractivity contribution < 1.29 is 19.4 Å². The van der Waals surface area contributed by atoms with Crippen LogP contribution in [0.2, 0.25) is 0 Å². The predicted octanol–water partition coefficient (Wildman–Crippen LogP) is 0.478. The molecule has 0 aromatic rings. The average Bonchev–Trinajstić information content (AvgIpc) is 2.45. The Morgan fingerprint density at radius 1 is 1.67 bits per heavy atom. The van der Waals surface area contributed by atoms with Crippen LogP contribution in [0.3, 0.4) is 0 Å². The summed E-state index contributed by atoms with van der Waals surface area (Å²) < 4.78 is 11.1. The Kier molecular flexibility index (Phi) is 1.89. The van der Waals surface area contributed by atoms with E-state index in [-0.39, 0.29) is 17.8 Å². The van der Waals surface area contributed by atoms with Gasteiger partial charge in [-0.15, -0.1) is 0 Å². The fraction of sp³-hybridized carbons (Fsp3) is 0.909. The molecule has 0 spiro atoms. The summed E-state index contributed by atoms with van der Waals surface area (Å²) >= 11 is 0. The van der Waals surface area contributed by atoms with Crippen molar-refractivity contribution in [1.82, 2.24) is 0 Å². The third kappa shape index (κ3) is 1.01. The fourth-order valence-electron chi connectivity index (χ4n) is 3.59. The van der Waals surface area contributed by atoms with Gasteiger partial charge in [0, 0.05) is 6.61 Å². The minimum absolute atomic E-state index is 0.135. The lowest BCUT2D eigenvalue weighted by atomic mass is 9.60. The molecule has 0 amide bonds. The first-order valence-electron chi connectivity index (χ1n) is 5.71. The molecule has 4 aliphatic rings. The molecule has 1 unspecified atom stereocenters. The van der Waals surface area contributed by atoms with Crippen LogP contribution >= 0.6 is 0 Å². The zero-order valence-corrected chi connectivity index (χ0v) is 8.81. The van der Waals surface area contributed by atoms with Crippen molar-refractivity contribution in [2.45, 2.75) is 44.0 Å². The molecule has 4 nitrogen and oxygen atoms in total. The van der Waals surface area contributed by atoms with E-state index in [0.29, 0.717) is 6.61 Å². The molecule has 1 N–H and O–H groups in total. The summed E-state index contributed by atoms with van der Waals surface area (Å²) in [5.41, 5.74) is -0.514. The van der Waals surface area contributed by atoms with E-state index in [4.69, 9.17) is 9.47 Å². The van der Waals surface area contributed by atoms with E-state index in [1.807, 2.05) is 6.92 Å². The highest BCUT2D eigenvalue weighted by atomic mass is 16.6. The minimum Gasteiger partial charge on any atom is -0.456 e. The van der Waals surface area contributed by atoms with E-state index in [9.17, 15) is 9.90 Å². The maximum atomic E-state index is 11.7. The molecule has 3 saturated carbocycles.